The van der Waals surface area contributed by atoms with Gasteiger partial charge in [-0.05, 0) is 167 Å². The number of aliphatic carboxylic acids is 7. The lowest BCUT2D eigenvalue weighted by Gasteiger charge is -2.59. The zero-order valence-corrected chi connectivity index (χ0v) is 78.2. The molecular weight excluding hydrogens is 2080 g/mol. The van der Waals surface area contributed by atoms with Crippen molar-refractivity contribution in [1.29, 1.82) is 0 Å². The van der Waals surface area contributed by atoms with Gasteiger partial charge in [0, 0.05) is 72.6 Å². The molecule has 0 aromatic carbocycles. The minimum absolute atomic E-state index is 0.0645. The predicted octanol–water partition coefficient (Wildman–Crippen LogP) is 16.5. The summed E-state index contributed by atoms with van der Waals surface area (Å²) < 4.78 is 420. The number of carboxylic acids is 7. The summed E-state index contributed by atoms with van der Waals surface area (Å²) in [5, 5.41) is 88.8. The SMILES string of the molecule is CC(=O)OC(CCC(=O)O)COC(C)(F)F.CC(=O)OC(OCCC(C)(F)F)(C(=O)O)C(F)(F)F.CC(F)(F)CCOC(O)(C(=O)O)C(F)(F)F.CC(F)(F)CCOC(OC(=O)C12CC3CC(CC(C3)C1)C2)(C(=O)O)C(F)(F)F.CC(F)(F)CCOC(OC(=O)C12CC3CC(CC(O)(C3)C1)C2)(C(=O)O)C(F)(F)F.CC(F)(F)CCOC(OC(=O)C1CCCCC1)(C(=O)O)C(F)(F)F.CC(F)(F)OCC(O)CCC(=O)O. The van der Waals surface area contributed by atoms with Crippen LogP contribution in [0.1, 0.15) is 229 Å². The Morgan fingerprint density at radius 1 is 0.338 bits per heavy atom. The standard InChI is InChI=1S/C18H23F5O6.C18H23F5O5.C14H19F5O5.C9H11F5O5.C9H14F2O5.C7H9F5O4.C7H12F2O4/c1-14(19,20)2-3-28-17(12(24)25,18(21,22)23)29-13(26)15-5-10-4-11(6-15)8-16(27,7-10)9-15;1-15(19,20)2-3-27-17(13(24)25,18(21,22)23)28-14(26)16-7-10-4-11(8-16)6-12(5-10)9-16;1-12(15,16)7-8-23-13(11(21)22,14(17,18)19)24-10(20)9-5-3-2-4-6-9;1-5(15)19-8(6(16)17,9(12,13)14)18-4-3-7(2,10)11;1-6(12)16-7(3-4-8(13)14)5-15-9(2,10)11;1-5(8,9)2-3-16-6(15,4(13)14)7(10,11)12;1-7(8,9)13-4-5(10)2-3-6(11)12/h10-11,27H,2-9H2,1H3,(H,24,25);10-12H,2-9H2,1H3,(H,24,25);9H,2-8H2,1H3,(H,21,22);3-4H2,1-2H3,(H,16,17);7H,3-5H2,1-2H3,(H,13,14);15H,2-3H2,1H3,(H,13,14);5,10H,2-4H2,1H3,(H,11,12). The van der Waals surface area contributed by atoms with Gasteiger partial charge in [-0.1, -0.05) is 19.3 Å². The van der Waals surface area contributed by atoms with Gasteiger partial charge in [0.25, 0.3) is 0 Å². The van der Waals surface area contributed by atoms with Gasteiger partial charge in [-0.3, -0.25) is 33.6 Å². The van der Waals surface area contributed by atoms with Crippen LogP contribution in [0.4, 0.5) is 127 Å². The van der Waals surface area contributed by atoms with Crippen LogP contribution in [0.15, 0.2) is 0 Å². The number of rotatable bonds is 45. The van der Waals surface area contributed by atoms with Gasteiger partial charge in [-0.15, -0.1) is 0 Å². The zero-order valence-electron chi connectivity index (χ0n) is 78.2. The van der Waals surface area contributed by atoms with Gasteiger partial charge in [0.2, 0.25) is 29.6 Å². The second-order valence-corrected chi connectivity index (χ2v) is 36.2. The molecule has 10 N–H and O–H groups in total. The lowest BCUT2D eigenvalue weighted by molar-refractivity contribution is -0.359. The second kappa shape index (κ2) is 52.1. The topological polar surface area (TPSA) is 518 Å². The molecule has 9 atom stereocenters. The highest BCUT2D eigenvalue weighted by atomic mass is 19.4. The quantitative estimate of drug-likeness (QED) is 0.0117. The van der Waals surface area contributed by atoms with Crippen LogP contribution in [0.5, 0.6) is 0 Å². The molecule has 9 rings (SSSR count). The summed E-state index contributed by atoms with van der Waals surface area (Å²) in [5.74, 6) is -60.5. The lowest BCUT2D eigenvalue weighted by atomic mass is 9.48. The van der Waals surface area contributed by atoms with Crippen molar-refractivity contribution in [3.8, 4) is 0 Å². The molecule has 0 aromatic heterocycles. The molecule has 145 heavy (non-hydrogen) atoms. The van der Waals surface area contributed by atoms with Crippen LogP contribution >= 0.6 is 0 Å². The number of alkyl halides is 29. The molecule has 9 aliphatic carbocycles. The van der Waals surface area contributed by atoms with Gasteiger partial charge < -0.3 is 108 Å². The number of carboxylic acid groups (broad SMARTS) is 7. The van der Waals surface area contributed by atoms with Crippen molar-refractivity contribution in [2.24, 2.45) is 46.3 Å². The molecule has 9 unspecified atom stereocenters. The molecular formula is C82H111F29O34. The van der Waals surface area contributed by atoms with Crippen molar-refractivity contribution in [3.05, 3.63) is 0 Å². The highest BCUT2D eigenvalue weighted by molar-refractivity contribution is 5.86. The Labute approximate surface area is 803 Å². The number of esters is 5. The molecule has 0 heterocycles. The summed E-state index contributed by atoms with van der Waals surface area (Å²) in [4.78, 5) is 134. The number of carbonyl (C=O) groups excluding carboxylic acids is 5. The summed E-state index contributed by atoms with van der Waals surface area (Å²) >= 11 is 0. The van der Waals surface area contributed by atoms with E-state index in [1.165, 1.54) is 0 Å². The first-order valence-electron chi connectivity index (χ1n) is 43.2. The molecule has 0 amide bonds. The Bertz CT molecular complexity index is 4170. The summed E-state index contributed by atoms with van der Waals surface area (Å²) in [5.41, 5.74) is -3.79. The normalized spacial score (nSPS) is 23.7. The number of hydrogen-bond acceptors (Lipinski definition) is 27. The number of aliphatic hydroxyl groups excluding tert-OH is 1. The van der Waals surface area contributed by atoms with Gasteiger partial charge >= 0.3 is 144 Å². The molecule has 9 saturated carbocycles. The Balaban J connectivity index is 0.000000862. The van der Waals surface area contributed by atoms with E-state index in [4.69, 9.17) is 35.7 Å². The van der Waals surface area contributed by atoms with Crippen LogP contribution in [0.2, 0.25) is 0 Å². The van der Waals surface area contributed by atoms with Gasteiger partial charge in [0.05, 0.1) is 74.7 Å². The van der Waals surface area contributed by atoms with Crippen molar-refractivity contribution in [2.75, 3.05) is 46.2 Å². The van der Waals surface area contributed by atoms with Crippen molar-refractivity contribution >= 4 is 71.6 Å². The van der Waals surface area contributed by atoms with E-state index in [1.54, 1.807) is 0 Å². The Morgan fingerprint density at radius 2 is 0.628 bits per heavy atom. The third-order valence-electron chi connectivity index (χ3n) is 22.2. The molecule has 0 aromatic rings. The molecule has 9 fully saturated rings. The fraction of sp³-hybridized carbons (Fsp3) is 0.854. The van der Waals surface area contributed by atoms with E-state index < -0.39 is 286 Å². The molecule has 8 bridgehead atoms. The summed E-state index contributed by atoms with van der Waals surface area (Å²) in [6.45, 7) is -2.43. The van der Waals surface area contributed by atoms with Crippen LogP contribution in [-0.2, 0) is 114 Å². The second-order valence-electron chi connectivity index (χ2n) is 36.2. The largest absolute Gasteiger partial charge is 0.481 e. The minimum atomic E-state index is -5.70. The highest BCUT2D eigenvalue weighted by Gasteiger charge is 2.74. The first kappa shape index (κ1) is 134. The lowest BCUT2D eigenvalue weighted by Crippen LogP contribution is -2.63. The number of hydrogen-bond donors (Lipinski definition) is 10. The van der Waals surface area contributed by atoms with Crippen LogP contribution in [-0.4, -0.2) is 288 Å². The Hall–Kier alpha value is -8.79. The van der Waals surface area contributed by atoms with Crippen LogP contribution in [0.25, 0.3) is 0 Å². The molecule has 0 aliphatic heterocycles. The van der Waals surface area contributed by atoms with Crippen molar-refractivity contribution in [3.63, 3.8) is 0 Å². The fourth-order valence-electron chi connectivity index (χ4n) is 16.3. The molecule has 34 nitrogen and oxygen atoms in total. The number of carbonyl (C=O) groups is 12. The van der Waals surface area contributed by atoms with E-state index in [1.807, 2.05) is 0 Å². The van der Waals surface area contributed by atoms with Crippen LogP contribution in [0, 0.1) is 46.3 Å². The van der Waals surface area contributed by atoms with Gasteiger partial charge in [0.15, 0.2) is 0 Å². The third-order valence-corrected chi connectivity index (χ3v) is 22.2. The molecule has 0 saturated heterocycles. The van der Waals surface area contributed by atoms with E-state index in [2.05, 4.69) is 56.8 Å². The fourth-order valence-corrected chi connectivity index (χ4v) is 16.3. The van der Waals surface area contributed by atoms with Crippen LogP contribution < -0.4 is 0 Å². The van der Waals surface area contributed by atoms with E-state index in [-0.39, 0.29) is 87.4 Å². The summed E-state index contributed by atoms with van der Waals surface area (Å²) in [6, 6.07) is 0. The van der Waals surface area contributed by atoms with E-state index in [0.717, 1.165) is 39.0 Å². The predicted molar refractivity (Wildman–Crippen MR) is 418 cm³/mol. The van der Waals surface area contributed by atoms with Crippen molar-refractivity contribution in [2.45, 2.75) is 349 Å². The average Bonchev–Trinajstić information content (AvgIpc) is 0.713. The van der Waals surface area contributed by atoms with Gasteiger partial charge in [0.1, 0.15) is 6.10 Å². The summed E-state index contributed by atoms with van der Waals surface area (Å²) in [7, 11) is 0. The van der Waals surface area contributed by atoms with E-state index in [0.29, 0.717) is 100 Å². The van der Waals surface area contributed by atoms with E-state index >= 15 is 0 Å². The number of aliphatic hydroxyl groups is 3. The maximum atomic E-state index is 13.6. The number of ether oxygens (including phenoxy) is 12. The molecule has 0 radical (unpaired) electrons. The van der Waals surface area contributed by atoms with Gasteiger partial charge in [-0.2, -0.15) is 83.4 Å². The van der Waals surface area contributed by atoms with E-state index in [9.17, 15) is 200 Å². The smallest absolute Gasteiger partial charge is 0.468 e. The minimum Gasteiger partial charge on any atom is -0.481 e. The highest BCUT2D eigenvalue weighted by Crippen LogP contribution is 2.64. The third kappa shape index (κ3) is 44.1. The van der Waals surface area contributed by atoms with Crippen molar-refractivity contribution < 1.29 is 293 Å². The summed E-state index contributed by atoms with van der Waals surface area (Å²) in [6.07, 6.45) is -35.2. The average molecular weight is 2190 g/mol. The molecule has 9 aliphatic rings. The molecule has 846 valence electrons. The Kier molecular flexibility index (Phi) is 48.2. The van der Waals surface area contributed by atoms with Crippen LogP contribution in [0.3, 0.4) is 0 Å². The molecule has 63 heteroatoms. The Morgan fingerprint density at radius 3 is 0.903 bits per heavy atom. The number of halogens is 29. The zero-order chi connectivity index (χ0) is 113. The first-order valence-corrected chi connectivity index (χ1v) is 43.2. The van der Waals surface area contributed by atoms with Gasteiger partial charge in [-0.25, -0.2) is 67.9 Å². The first-order chi connectivity index (χ1) is 65.0. The monoisotopic (exact) mass is 2190 g/mol. The van der Waals surface area contributed by atoms with Crippen molar-refractivity contribution in [1.82, 2.24) is 0 Å². The maximum Gasteiger partial charge on any atom is 0.468 e. The maximum absolute atomic E-state index is 13.6. The molecule has 0 spiro atoms.